The molecule has 13 rings (SSSR count). The number of allylic oxidation sites excluding steroid dienone is 2. The van der Waals surface area contributed by atoms with Crippen molar-refractivity contribution in [3.8, 4) is 17.2 Å². The van der Waals surface area contributed by atoms with E-state index in [1.807, 2.05) is 124 Å². The van der Waals surface area contributed by atoms with E-state index < -0.39 is 125 Å². The number of benzene rings is 6. The second kappa shape index (κ2) is 55.0. The van der Waals surface area contributed by atoms with Crippen molar-refractivity contribution >= 4 is 83.0 Å². The number of phenolic OH excluding ortho intramolecular Hbond substituents is 3. The fourth-order valence-corrected chi connectivity index (χ4v) is 19.2. The number of cyclic esters (lactones) is 2. The molecule has 7 amide bonds. The first kappa shape index (κ1) is 114. The summed E-state index contributed by atoms with van der Waals surface area (Å²) in [6.45, 7) is 21.9. The second-order valence-corrected chi connectivity index (χ2v) is 39.7. The van der Waals surface area contributed by atoms with Gasteiger partial charge in [0.25, 0.3) is 17.7 Å². The Bertz CT molecular complexity index is 5330. The number of Topliss-reactive ketones (excluding diaryl/α,β-unsaturated/α-hetero) is 2. The first-order valence-electron chi connectivity index (χ1n) is 50.1. The van der Waals surface area contributed by atoms with Crippen molar-refractivity contribution in [3.05, 3.63) is 207 Å². The van der Waals surface area contributed by atoms with Gasteiger partial charge in [-0.05, 0) is 231 Å². The summed E-state index contributed by atoms with van der Waals surface area (Å²) in [4.78, 5) is 164. The van der Waals surface area contributed by atoms with E-state index in [1.165, 1.54) is 32.7 Å². The number of methoxy groups -OCH3 is 2. The molecule has 772 valence electrons. The van der Waals surface area contributed by atoms with Gasteiger partial charge in [-0.15, -0.1) is 0 Å². The topological polar surface area (TPSA) is 406 Å². The molecular formula is C112H154N10O20. The number of rotatable bonds is 11. The van der Waals surface area contributed by atoms with Crippen molar-refractivity contribution in [2.45, 2.75) is 299 Å². The minimum absolute atomic E-state index is 0. The van der Waals surface area contributed by atoms with Crippen molar-refractivity contribution < 1.29 is 96.5 Å². The van der Waals surface area contributed by atoms with Gasteiger partial charge in [0.1, 0.15) is 89.9 Å². The van der Waals surface area contributed by atoms with E-state index in [4.69, 9.17) is 23.7 Å². The van der Waals surface area contributed by atoms with E-state index in [-0.39, 0.29) is 136 Å². The molecule has 0 spiro atoms. The van der Waals surface area contributed by atoms with Crippen molar-refractivity contribution in [2.24, 2.45) is 53.3 Å². The van der Waals surface area contributed by atoms with Crippen LogP contribution in [0.5, 0.6) is 17.2 Å². The number of fused-ring (bicyclic) bond motifs is 11. The fraction of sp³-hybridized carbons (Fsp3) is 0.536. The number of nitrogens with zero attached hydrogens (tertiary/aromatic N) is 3. The normalized spacial score (nSPS) is 27.1. The van der Waals surface area contributed by atoms with Gasteiger partial charge < -0.3 is 60.3 Å². The quantitative estimate of drug-likeness (QED) is 0.0425. The predicted octanol–water partition coefficient (Wildman–Crippen LogP) is 14.8. The van der Waals surface area contributed by atoms with Crippen LogP contribution >= 0.6 is 0 Å². The number of carbonyl (C=O) groups excluding carboxylic acids is 12. The lowest BCUT2D eigenvalue weighted by Gasteiger charge is -2.36. The molecule has 30 nitrogen and oxygen atoms in total. The van der Waals surface area contributed by atoms with Crippen LogP contribution in [0, 0.1) is 53.3 Å². The monoisotopic (exact) mass is 1960 g/mol. The maximum atomic E-state index is 14.1. The molecule has 1 aliphatic carbocycles. The molecule has 6 heterocycles. The Morgan fingerprint density at radius 3 is 1.32 bits per heavy atom. The Morgan fingerprint density at radius 2 is 0.859 bits per heavy atom. The van der Waals surface area contributed by atoms with Gasteiger partial charge in [0.05, 0.1) is 12.2 Å². The van der Waals surface area contributed by atoms with E-state index >= 15 is 0 Å². The summed E-state index contributed by atoms with van der Waals surface area (Å²) in [5.74, 6) is -7.02. The average molecular weight is 1960 g/mol. The van der Waals surface area contributed by atoms with Crippen LogP contribution in [0.25, 0.3) is 12.2 Å². The molecule has 6 aliphatic heterocycles. The molecule has 7 aliphatic rings. The van der Waals surface area contributed by atoms with Gasteiger partial charge in [-0.3, -0.25) is 72.6 Å². The molecule has 6 aromatic rings. The van der Waals surface area contributed by atoms with Gasteiger partial charge >= 0.3 is 17.9 Å². The van der Waals surface area contributed by atoms with Crippen LogP contribution in [0.1, 0.15) is 262 Å². The number of aryl methyl sites for hydroxylation is 2. The summed E-state index contributed by atoms with van der Waals surface area (Å²) >= 11 is 0. The molecule has 30 heteroatoms. The highest BCUT2D eigenvalue weighted by Crippen LogP contribution is 2.37. The highest BCUT2D eigenvalue weighted by atomic mass is 16.6. The summed E-state index contributed by atoms with van der Waals surface area (Å²) < 4.78 is 29.1. The number of amides is 7. The molecule has 0 saturated carbocycles. The maximum Gasteiger partial charge on any atom is 0.325 e. The van der Waals surface area contributed by atoms with Crippen LogP contribution in [0.4, 0.5) is 0 Å². The number of ketones is 2. The zero-order valence-electron chi connectivity index (χ0n) is 83.4. The standard InChI is InChI=1S/C38H49N3O7.C37H49N3O7.C35H48N4O6.2CH4/c1-23(2)29-22-33(43)24(3)34(47-4)13-6-5-9-25-14-15-27-16-17-35(30(27)20-25)48-38(46)31-12-8-18-41(40-31)37(45)32(39-36(29)44)21-26-10-7-11-28(42)19-26;1-23(2)30-22-33(42)24(3)34(46-5)17-7-6-11-26-12-8-14-28(19-26)25(4)47-37(45)31-16-10-18-40(39-31)36(44)32(38-35(30)43)21-27-13-9-15-29(41)20-27;1-22(2)31-33(42)36-30(20-26-13-8-15-28(40)19-26)34(43)39-17-9-16-29(38-39)35(44)45-21-27-14-7-12-25(18-27)11-6-5-10-23(3)24(4)32(41)37-31;;/h5,7,9-11,14-15,19-20,23-24,29,31-32,34-35,40,42H,6,8,12-13,16-18,21-22H2,1-4H3,(H,39,44);6,8-9,11-15,19-20,23-25,30-32,34,39,41H,7,10,16-18,21-22H2,1-5H3,(H,38,43);7-8,12-15,18-19,22-24,29-31,38,40H,5-6,9-11,16-17,20-21H2,1-4H3,(H,36,42)(H,37,41);2*1H4/b9-5+;11-6+;;;/t24-,29-,31-,32-,34+,35+;24-,25+,30-,31-,32-,34+;23-,24-,29+,30+,31+;;/m001../s1. The molecule has 3 saturated heterocycles. The summed E-state index contributed by atoms with van der Waals surface area (Å²) in [6, 6.07) is 35.6. The molecule has 12 bridgehead atoms. The minimum atomic E-state index is -1.02. The Balaban J connectivity index is 0.000000236. The van der Waals surface area contributed by atoms with Crippen LogP contribution in [0.3, 0.4) is 0 Å². The lowest BCUT2D eigenvalue weighted by molar-refractivity contribution is -0.158. The van der Waals surface area contributed by atoms with Crippen LogP contribution in [-0.2, 0) is 120 Å². The van der Waals surface area contributed by atoms with Gasteiger partial charge in [-0.1, -0.05) is 206 Å². The first-order valence-corrected chi connectivity index (χ1v) is 50.1. The first-order chi connectivity index (χ1) is 67.0. The Kier molecular flexibility index (Phi) is 44.1. The summed E-state index contributed by atoms with van der Waals surface area (Å²) in [6.07, 6.45) is 18.0. The number of carbonyl (C=O) groups is 12. The Hall–Kier alpha value is -12.0. The van der Waals surface area contributed by atoms with E-state index in [1.54, 1.807) is 74.9 Å². The van der Waals surface area contributed by atoms with Gasteiger partial charge in [-0.25, -0.2) is 16.3 Å². The van der Waals surface area contributed by atoms with Crippen LogP contribution in [-0.4, -0.2) is 190 Å². The summed E-state index contributed by atoms with van der Waals surface area (Å²) in [7, 11) is 3.20. The molecule has 0 aromatic heterocycles. The number of nitrogens with one attached hydrogen (secondary N) is 7. The SMILES string of the molecule is C.C.CC(C)[C@@H]1NC(=O)[C@H](C)[C@H](C)CCCCc2cccc(c2)COC(=O)[C@@H]2CCCN(N2)C(=O)[C@H](Cc2cccc(O)c2)NC1=O.CO[C@@H]1CC/C=C/c2ccc3c(c2)[C@@H](CC3)OC(=O)[C@@H]2CCCN(N2)C(=O)[C@H](Cc2cccc(O)c2)NC(=O)[C@H](C(C)C)CC(=O)[C@@H]1C.CO[C@@H]1CC/C=C/c2cccc(c2)[C@@H](C)OC(=O)[C@@H]2CCCN(N2)C(=O)[C@H](Cc2cccc(O)c2)NC(=O)[C@H](C(C)C)CC(=O)[C@@H]1C. The third kappa shape index (κ3) is 32.5. The Morgan fingerprint density at radius 1 is 0.415 bits per heavy atom. The lowest BCUT2D eigenvalue weighted by Crippen LogP contribution is -2.62. The van der Waals surface area contributed by atoms with Crippen molar-refractivity contribution in [1.29, 1.82) is 0 Å². The summed E-state index contributed by atoms with van der Waals surface area (Å²) in [5, 5.41) is 46.1. The number of aromatic hydroxyl groups is 3. The molecule has 6 aromatic carbocycles. The van der Waals surface area contributed by atoms with E-state index in [0.29, 0.717) is 107 Å². The van der Waals surface area contributed by atoms with Crippen molar-refractivity contribution in [2.75, 3.05) is 33.9 Å². The van der Waals surface area contributed by atoms with E-state index in [9.17, 15) is 72.9 Å². The third-order valence-electron chi connectivity index (χ3n) is 28.2. The van der Waals surface area contributed by atoms with E-state index in [2.05, 4.69) is 80.9 Å². The van der Waals surface area contributed by atoms with Crippen molar-refractivity contribution in [3.63, 3.8) is 0 Å². The lowest BCUT2D eigenvalue weighted by atomic mass is 9.84. The highest BCUT2D eigenvalue weighted by molar-refractivity contribution is 5.95. The third-order valence-corrected chi connectivity index (χ3v) is 28.2. The largest absolute Gasteiger partial charge is 0.508 e. The number of hydrogen-bond acceptors (Lipinski definition) is 23. The molecule has 0 unspecified atom stereocenters. The summed E-state index contributed by atoms with van der Waals surface area (Å²) in [5.41, 5.74) is 18.2. The number of hydrazine groups is 3. The zero-order valence-corrected chi connectivity index (χ0v) is 83.4. The molecule has 142 heavy (non-hydrogen) atoms. The van der Waals surface area contributed by atoms with Crippen LogP contribution in [0.2, 0.25) is 0 Å². The molecule has 0 radical (unpaired) electrons. The van der Waals surface area contributed by atoms with Crippen LogP contribution in [0.15, 0.2) is 152 Å². The number of ether oxygens (including phenoxy) is 5. The van der Waals surface area contributed by atoms with Gasteiger partial charge in [-0.2, -0.15) is 0 Å². The van der Waals surface area contributed by atoms with E-state index in [0.717, 1.165) is 65.5 Å². The maximum absolute atomic E-state index is 14.1. The number of phenols is 3. The molecule has 10 N–H and O–H groups in total. The highest BCUT2D eigenvalue weighted by Gasteiger charge is 2.43. The zero-order chi connectivity index (χ0) is 101. The van der Waals surface area contributed by atoms with Gasteiger partial charge in [0, 0.05) is 95.5 Å². The van der Waals surface area contributed by atoms with Crippen molar-refractivity contribution in [1.82, 2.24) is 52.6 Å². The fourth-order valence-electron chi connectivity index (χ4n) is 19.2. The second-order valence-electron chi connectivity index (χ2n) is 39.7. The minimum Gasteiger partial charge on any atom is -0.508 e. The average Bonchev–Trinajstić information content (AvgIpc) is 1.64. The molecule has 17 atom stereocenters. The predicted molar refractivity (Wildman–Crippen MR) is 544 cm³/mol. The van der Waals surface area contributed by atoms with Gasteiger partial charge in [0.2, 0.25) is 23.6 Å². The number of hydrogen-bond donors (Lipinski definition) is 10. The molecule has 3 fully saturated rings. The number of esters is 3. The van der Waals surface area contributed by atoms with Gasteiger partial charge in [0.15, 0.2) is 0 Å². The Labute approximate surface area is 838 Å². The smallest absolute Gasteiger partial charge is 0.325 e. The molecular weight excluding hydrogens is 1810 g/mol. The van der Waals surface area contributed by atoms with Crippen LogP contribution < -0.4 is 37.5 Å².